The summed E-state index contributed by atoms with van der Waals surface area (Å²) in [5.74, 6) is -1.97. The molecule has 0 aliphatic carbocycles. The van der Waals surface area contributed by atoms with Crippen LogP contribution in [0.5, 0.6) is 0 Å². The molecule has 38 heavy (non-hydrogen) atoms. The van der Waals surface area contributed by atoms with Gasteiger partial charge >= 0.3 is 0 Å². The van der Waals surface area contributed by atoms with Gasteiger partial charge in [-0.25, -0.2) is 8.78 Å². The van der Waals surface area contributed by atoms with Crippen molar-refractivity contribution in [3.63, 3.8) is 0 Å². The Hall–Kier alpha value is -4.55. The van der Waals surface area contributed by atoms with Crippen molar-refractivity contribution >= 4 is 33.9 Å². The zero-order chi connectivity index (χ0) is 26.6. The molecule has 2 atom stereocenters. The number of nitrogens with one attached hydrogen (secondary N) is 3. The van der Waals surface area contributed by atoms with Gasteiger partial charge in [0, 0.05) is 22.8 Å². The summed E-state index contributed by atoms with van der Waals surface area (Å²) in [6.07, 6.45) is 3.68. The van der Waals surface area contributed by atoms with Crippen molar-refractivity contribution in [1.29, 1.82) is 5.26 Å². The van der Waals surface area contributed by atoms with Crippen molar-refractivity contribution in [2.24, 2.45) is 0 Å². The Bertz CT molecular complexity index is 1620. The molecule has 10 heteroatoms. The number of nitrogens with zero attached hydrogens (tertiary/aromatic N) is 4. The standard InChI is InChI=1S/C28H22ClF2N7/c1-2-23(16-7-4-3-5-8-16)36-26-17(13-32)14-33-27-20(26)11-18(12-21(27)29)35-28(24-15-34-38-37-24)19-9-6-10-22(30)25(19)31/h3-12,14-15,23,28,35H,2H2,1H3,(H,33,36)(H,34,37,38). The van der Waals surface area contributed by atoms with Crippen LogP contribution in [-0.4, -0.2) is 20.4 Å². The Morgan fingerprint density at radius 1 is 1.05 bits per heavy atom. The first-order valence-electron chi connectivity index (χ1n) is 11.9. The number of halogens is 3. The van der Waals surface area contributed by atoms with Gasteiger partial charge in [0.1, 0.15) is 17.8 Å². The minimum Gasteiger partial charge on any atom is -0.377 e. The maximum absolute atomic E-state index is 14.8. The first kappa shape index (κ1) is 25.1. The number of H-pyrrole nitrogens is 1. The molecule has 0 radical (unpaired) electrons. The van der Waals surface area contributed by atoms with Gasteiger partial charge in [0.25, 0.3) is 0 Å². The molecule has 0 bridgehead atoms. The van der Waals surface area contributed by atoms with Gasteiger partial charge in [-0.15, -0.1) is 0 Å². The number of hydrogen-bond acceptors (Lipinski definition) is 6. The van der Waals surface area contributed by atoms with Crippen LogP contribution < -0.4 is 10.6 Å². The van der Waals surface area contributed by atoms with Gasteiger partial charge in [-0.3, -0.25) is 4.98 Å². The van der Waals surface area contributed by atoms with E-state index in [0.717, 1.165) is 18.1 Å². The van der Waals surface area contributed by atoms with Gasteiger partial charge in [-0.1, -0.05) is 61.0 Å². The number of anilines is 2. The summed E-state index contributed by atoms with van der Waals surface area (Å²) in [7, 11) is 0. The van der Waals surface area contributed by atoms with E-state index in [1.807, 2.05) is 30.3 Å². The van der Waals surface area contributed by atoms with E-state index in [-0.39, 0.29) is 11.6 Å². The van der Waals surface area contributed by atoms with Crippen LogP contribution in [0.2, 0.25) is 5.02 Å². The third kappa shape index (κ3) is 4.86. The lowest BCUT2D eigenvalue weighted by molar-refractivity contribution is 0.496. The number of rotatable bonds is 8. The van der Waals surface area contributed by atoms with Crippen LogP contribution in [0.25, 0.3) is 10.9 Å². The van der Waals surface area contributed by atoms with Crippen molar-refractivity contribution < 1.29 is 8.78 Å². The van der Waals surface area contributed by atoms with Crippen LogP contribution >= 0.6 is 11.6 Å². The van der Waals surface area contributed by atoms with Crippen molar-refractivity contribution in [3.05, 3.63) is 112 Å². The maximum atomic E-state index is 14.8. The monoisotopic (exact) mass is 529 g/mol. The SMILES string of the molecule is CCC(Nc1c(C#N)cnc2c(Cl)cc(NC(c3cn[nH]n3)c3cccc(F)c3F)cc12)c1ccccc1. The molecule has 0 saturated heterocycles. The smallest absolute Gasteiger partial charge is 0.164 e. The van der Waals surface area contributed by atoms with E-state index in [0.29, 0.717) is 38.6 Å². The Balaban J connectivity index is 1.62. The van der Waals surface area contributed by atoms with E-state index < -0.39 is 17.7 Å². The fraction of sp³-hybridized carbons (Fsp3) is 0.143. The van der Waals surface area contributed by atoms with Gasteiger partial charge in [-0.05, 0) is 30.2 Å². The summed E-state index contributed by atoms with van der Waals surface area (Å²) in [4.78, 5) is 4.41. The van der Waals surface area contributed by atoms with Crippen LogP contribution in [0.3, 0.4) is 0 Å². The van der Waals surface area contributed by atoms with Crippen LogP contribution in [0.1, 0.15) is 47.8 Å². The highest BCUT2D eigenvalue weighted by molar-refractivity contribution is 6.35. The lowest BCUT2D eigenvalue weighted by atomic mass is 10.0. The highest BCUT2D eigenvalue weighted by Gasteiger charge is 2.24. The molecule has 190 valence electrons. The fourth-order valence-corrected chi connectivity index (χ4v) is 4.70. The number of fused-ring (bicyclic) bond motifs is 1. The van der Waals surface area contributed by atoms with Crippen LogP contribution in [0, 0.1) is 23.0 Å². The van der Waals surface area contributed by atoms with E-state index in [9.17, 15) is 14.0 Å². The topological polar surface area (TPSA) is 102 Å². The number of nitriles is 1. The maximum Gasteiger partial charge on any atom is 0.164 e. The second kappa shape index (κ2) is 10.8. The first-order valence-corrected chi connectivity index (χ1v) is 12.3. The number of aromatic amines is 1. The quantitative estimate of drug-likeness (QED) is 0.201. The Kier molecular flexibility index (Phi) is 7.15. The zero-order valence-corrected chi connectivity index (χ0v) is 21.0. The van der Waals surface area contributed by atoms with Crippen molar-refractivity contribution in [1.82, 2.24) is 20.4 Å². The lowest BCUT2D eigenvalue weighted by Crippen LogP contribution is -2.15. The van der Waals surface area contributed by atoms with Crippen molar-refractivity contribution in [2.45, 2.75) is 25.4 Å². The molecule has 5 aromatic rings. The lowest BCUT2D eigenvalue weighted by Gasteiger charge is -2.22. The molecule has 0 saturated carbocycles. The summed E-state index contributed by atoms with van der Waals surface area (Å²) in [5.41, 5.74) is 3.38. The third-order valence-electron chi connectivity index (χ3n) is 6.31. The Labute approximate surface area is 222 Å². The first-order chi connectivity index (χ1) is 18.5. The Morgan fingerprint density at radius 3 is 2.58 bits per heavy atom. The molecule has 2 unspecified atom stereocenters. The zero-order valence-electron chi connectivity index (χ0n) is 20.2. The van der Waals surface area contributed by atoms with E-state index in [2.05, 4.69) is 44.0 Å². The number of aromatic nitrogens is 4. The van der Waals surface area contributed by atoms with Gasteiger partial charge in [0.05, 0.1) is 34.0 Å². The molecule has 3 aromatic carbocycles. The summed E-state index contributed by atoms with van der Waals surface area (Å²) < 4.78 is 28.9. The number of pyridine rings is 1. The van der Waals surface area contributed by atoms with Gasteiger partial charge < -0.3 is 10.6 Å². The minimum atomic E-state index is -0.996. The summed E-state index contributed by atoms with van der Waals surface area (Å²) in [6.45, 7) is 2.05. The molecule has 7 nitrogen and oxygen atoms in total. The molecule has 5 rings (SSSR count). The van der Waals surface area contributed by atoms with Gasteiger partial charge in [0.15, 0.2) is 11.6 Å². The van der Waals surface area contributed by atoms with E-state index in [1.165, 1.54) is 24.5 Å². The third-order valence-corrected chi connectivity index (χ3v) is 6.60. The average Bonchev–Trinajstić information content (AvgIpc) is 3.47. The highest BCUT2D eigenvalue weighted by Crippen LogP contribution is 2.37. The molecule has 0 aliphatic heterocycles. The largest absolute Gasteiger partial charge is 0.377 e. The predicted octanol–water partition coefficient (Wildman–Crippen LogP) is 6.92. The van der Waals surface area contributed by atoms with E-state index in [1.54, 1.807) is 12.1 Å². The second-order valence-corrected chi connectivity index (χ2v) is 9.05. The molecular weight excluding hydrogens is 508 g/mol. The fourth-order valence-electron chi connectivity index (χ4n) is 4.43. The van der Waals surface area contributed by atoms with Crippen LogP contribution in [0.4, 0.5) is 20.2 Å². The van der Waals surface area contributed by atoms with Crippen LogP contribution in [-0.2, 0) is 0 Å². The minimum absolute atomic E-state index is 0.0486. The van der Waals surface area contributed by atoms with Crippen molar-refractivity contribution in [3.8, 4) is 6.07 Å². The summed E-state index contributed by atoms with van der Waals surface area (Å²) >= 11 is 6.65. The summed E-state index contributed by atoms with van der Waals surface area (Å²) in [6, 6.07) is 18.5. The predicted molar refractivity (Wildman–Crippen MR) is 143 cm³/mol. The van der Waals surface area contributed by atoms with Crippen molar-refractivity contribution in [2.75, 3.05) is 10.6 Å². The molecule has 3 N–H and O–H groups in total. The normalized spacial score (nSPS) is 12.6. The second-order valence-electron chi connectivity index (χ2n) is 8.64. The van der Waals surface area contributed by atoms with Gasteiger partial charge in [0.2, 0.25) is 0 Å². The number of benzene rings is 3. The summed E-state index contributed by atoms with van der Waals surface area (Å²) in [5, 5.41) is 27.9. The molecule has 0 aliphatic rings. The molecule has 0 spiro atoms. The average molecular weight is 530 g/mol. The number of hydrogen-bond donors (Lipinski definition) is 3. The van der Waals surface area contributed by atoms with Gasteiger partial charge in [-0.2, -0.15) is 20.7 Å². The molecular formula is C28H22ClF2N7. The Morgan fingerprint density at radius 2 is 1.87 bits per heavy atom. The highest BCUT2D eigenvalue weighted by atomic mass is 35.5. The molecule has 0 amide bonds. The van der Waals surface area contributed by atoms with Crippen LogP contribution in [0.15, 0.2) is 73.1 Å². The van der Waals surface area contributed by atoms with E-state index >= 15 is 0 Å². The molecule has 0 fully saturated rings. The molecule has 2 heterocycles. The molecule has 2 aromatic heterocycles. The van der Waals surface area contributed by atoms with E-state index in [4.69, 9.17) is 11.6 Å².